The van der Waals surface area contributed by atoms with Crippen molar-refractivity contribution in [1.82, 2.24) is 4.98 Å². The molecule has 0 atom stereocenters. The van der Waals surface area contributed by atoms with E-state index in [2.05, 4.69) is 15.5 Å². The van der Waals surface area contributed by atoms with Gasteiger partial charge in [-0.1, -0.05) is 16.5 Å². The average molecular weight is 301 g/mol. The molecule has 8 heteroatoms. The average Bonchev–Trinajstić information content (AvgIpc) is 2.86. The minimum atomic E-state index is -4.35. The van der Waals surface area contributed by atoms with Gasteiger partial charge in [-0.05, 0) is 31.2 Å². The first-order chi connectivity index (χ1) is 9.40. The number of benzene rings is 1. The first-order valence-electron chi connectivity index (χ1n) is 5.49. The molecule has 0 radical (unpaired) electrons. The molecule has 1 aromatic heterocycles. The zero-order valence-corrected chi connectivity index (χ0v) is 11.1. The summed E-state index contributed by atoms with van der Waals surface area (Å²) in [5.41, 5.74) is 0.214. The topological polar surface area (TPSA) is 57.5 Å². The van der Waals surface area contributed by atoms with Gasteiger partial charge in [0.2, 0.25) is 0 Å². The summed E-state index contributed by atoms with van der Waals surface area (Å²) in [7, 11) is 0. The first kappa shape index (κ1) is 14.3. The molecule has 1 aromatic carbocycles. The molecule has 0 unspecified atom stereocenters. The lowest BCUT2D eigenvalue weighted by Crippen LogP contribution is -2.04. The number of thiazole rings is 1. The highest BCUT2D eigenvalue weighted by molar-refractivity contribution is 7.17. The highest BCUT2D eigenvalue weighted by Crippen LogP contribution is 2.30. The second kappa shape index (κ2) is 5.49. The van der Waals surface area contributed by atoms with Gasteiger partial charge in [0.05, 0.1) is 16.2 Å². The van der Waals surface area contributed by atoms with Crippen molar-refractivity contribution in [3.8, 4) is 0 Å². The van der Waals surface area contributed by atoms with Gasteiger partial charge in [-0.2, -0.15) is 13.2 Å². The van der Waals surface area contributed by atoms with Gasteiger partial charge < -0.3 is 10.5 Å². The van der Waals surface area contributed by atoms with Gasteiger partial charge in [-0.15, -0.1) is 0 Å². The summed E-state index contributed by atoms with van der Waals surface area (Å²) in [5, 5.41) is 15.1. The number of oxime groups is 1. The third-order valence-electron chi connectivity index (χ3n) is 2.48. The van der Waals surface area contributed by atoms with Crippen LogP contribution in [0.2, 0.25) is 0 Å². The summed E-state index contributed by atoms with van der Waals surface area (Å²) < 4.78 is 37.2. The van der Waals surface area contributed by atoms with Crippen LogP contribution in [-0.2, 0) is 6.18 Å². The van der Waals surface area contributed by atoms with E-state index in [1.54, 1.807) is 6.92 Å². The SMILES string of the molecule is CC(=NO)c1cnc(Nc2ccc(C(F)(F)F)cc2)s1. The molecule has 1 heterocycles. The molecular formula is C12H10F3N3OS. The summed E-state index contributed by atoms with van der Waals surface area (Å²) in [4.78, 5) is 4.71. The molecule has 0 aliphatic heterocycles. The summed E-state index contributed by atoms with van der Waals surface area (Å²) in [5.74, 6) is 0. The van der Waals surface area contributed by atoms with Crippen LogP contribution >= 0.6 is 11.3 Å². The van der Waals surface area contributed by atoms with Crippen LogP contribution in [0.4, 0.5) is 24.0 Å². The van der Waals surface area contributed by atoms with Crippen LogP contribution in [0.3, 0.4) is 0 Å². The van der Waals surface area contributed by atoms with Crippen LogP contribution in [0, 0.1) is 0 Å². The Kier molecular flexibility index (Phi) is 3.93. The molecule has 20 heavy (non-hydrogen) atoms. The Hall–Kier alpha value is -2.09. The van der Waals surface area contributed by atoms with Gasteiger partial charge in [0.15, 0.2) is 5.13 Å². The smallest absolute Gasteiger partial charge is 0.411 e. The molecule has 0 saturated heterocycles. The van der Waals surface area contributed by atoms with E-state index in [0.29, 0.717) is 21.4 Å². The summed E-state index contributed by atoms with van der Waals surface area (Å²) in [6.07, 6.45) is -2.83. The largest absolute Gasteiger partial charge is 0.416 e. The van der Waals surface area contributed by atoms with Crippen molar-refractivity contribution < 1.29 is 18.4 Å². The van der Waals surface area contributed by atoms with Crippen molar-refractivity contribution in [2.24, 2.45) is 5.16 Å². The third-order valence-corrected chi connectivity index (χ3v) is 3.50. The fourth-order valence-electron chi connectivity index (χ4n) is 1.41. The number of nitrogens with one attached hydrogen (secondary N) is 1. The molecule has 0 amide bonds. The highest BCUT2D eigenvalue weighted by atomic mass is 32.1. The molecule has 106 valence electrons. The van der Waals surface area contributed by atoms with E-state index < -0.39 is 11.7 Å². The Labute approximate surface area is 116 Å². The molecule has 0 aliphatic rings. The van der Waals surface area contributed by atoms with Crippen LogP contribution in [0.1, 0.15) is 17.4 Å². The summed E-state index contributed by atoms with van der Waals surface area (Å²) in [6, 6.07) is 4.66. The number of alkyl halides is 3. The van der Waals surface area contributed by atoms with Crippen molar-refractivity contribution in [2.75, 3.05) is 5.32 Å². The maximum atomic E-state index is 12.4. The van der Waals surface area contributed by atoms with E-state index in [9.17, 15) is 13.2 Å². The molecule has 0 fully saturated rings. The fourth-order valence-corrected chi connectivity index (χ4v) is 2.19. The van der Waals surface area contributed by atoms with Gasteiger partial charge >= 0.3 is 6.18 Å². The monoisotopic (exact) mass is 301 g/mol. The maximum Gasteiger partial charge on any atom is 0.416 e. The standard InChI is InChI=1S/C12H10F3N3OS/c1-7(18-19)10-6-16-11(20-10)17-9-4-2-8(3-5-9)12(13,14)15/h2-6,19H,1H3,(H,16,17). The lowest BCUT2D eigenvalue weighted by molar-refractivity contribution is -0.137. The predicted molar refractivity (Wildman–Crippen MR) is 70.8 cm³/mol. The van der Waals surface area contributed by atoms with Gasteiger partial charge in [-0.25, -0.2) is 4.98 Å². The maximum absolute atomic E-state index is 12.4. The summed E-state index contributed by atoms with van der Waals surface area (Å²) in [6.45, 7) is 1.62. The van der Waals surface area contributed by atoms with Gasteiger partial charge in [0, 0.05) is 11.9 Å². The third kappa shape index (κ3) is 3.27. The number of anilines is 2. The molecule has 0 spiro atoms. The Bertz CT molecular complexity index is 620. The van der Waals surface area contributed by atoms with E-state index in [1.165, 1.54) is 29.7 Å². The second-order valence-electron chi connectivity index (χ2n) is 3.92. The minimum absolute atomic E-state index is 0.419. The zero-order valence-electron chi connectivity index (χ0n) is 10.3. The number of aromatic nitrogens is 1. The summed E-state index contributed by atoms with van der Waals surface area (Å²) >= 11 is 1.23. The number of rotatable bonds is 3. The van der Waals surface area contributed by atoms with E-state index >= 15 is 0 Å². The lowest BCUT2D eigenvalue weighted by Gasteiger charge is -2.07. The Morgan fingerprint density at radius 2 is 1.95 bits per heavy atom. The number of hydrogen-bond donors (Lipinski definition) is 2. The second-order valence-corrected chi connectivity index (χ2v) is 4.95. The Balaban J connectivity index is 2.12. The normalized spacial score (nSPS) is 12.5. The van der Waals surface area contributed by atoms with E-state index in [1.807, 2.05) is 0 Å². The lowest BCUT2D eigenvalue weighted by atomic mass is 10.2. The molecule has 0 aliphatic carbocycles. The first-order valence-corrected chi connectivity index (χ1v) is 6.31. The van der Waals surface area contributed by atoms with E-state index in [0.717, 1.165) is 12.1 Å². The molecule has 2 N–H and O–H groups in total. The van der Waals surface area contributed by atoms with Crippen molar-refractivity contribution in [3.05, 3.63) is 40.9 Å². The number of hydrogen-bond acceptors (Lipinski definition) is 5. The molecule has 4 nitrogen and oxygen atoms in total. The molecule has 2 rings (SSSR count). The van der Waals surface area contributed by atoms with Gasteiger partial charge in [-0.3, -0.25) is 0 Å². The molecule has 2 aromatic rings. The zero-order chi connectivity index (χ0) is 14.8. The van der Waals surface area contributed by atoms with Crippen molar-refractivity contribution in [3.63, 3.8) is 0 Å². The number of nitrogens with zero attached hydrogens (tertiary/aromatic N) is 2. The minimum Gasteiger partial charge on any atom is -0.411 e. The van der Waals surface area contributed by atoms with E-state index in [4.69, 9.17) is 5.21 Å². The van der Waals surface area contributed by atoms with Gasteiger partial charge in [0.1, 0.15) is 0 Å². The van der Waals surface area contributed by atoms with Crippen molar-refractivity contribution >= 4 is 27.9 Å². The van der Waals surface area contributed by atoms with Crippen LogP contribution in [0.25, 0.3) is 0 Å². The number of halogens is 3. The fraction of sp³-hybridized carbons (Fsp3) is 0.167. The quantitative estimate of drug-likeness (QED) is 0.510. The molecular weight excluding hydrogens is 291 g/mol. The predicted octanol–water partition coefficient (Wildman–Crippen LogP) is 4.10. The van der Waals surface area contributed by atoms with E-state index in [-0.39, 0.29) is 0 Å². The van der Waals surface area contributed by atoms with Crippen LogP contribution in [0.15, 0.2) is 35.6 Å². The van der Waals surface area contributed by atoms with Crippen LogP contribution in [-0.4, -0.2) is 15.9 Å². The van der Waals surface area contributed by atoms with Crippen molar-refractivity contribution in [1.29, 1.82) is 0 Å². The van der Waals surface area contributed by atoms with Gasteiger partial charge in [0.25, 0.3) is 0 Å². The van der Waals surface area contributed by atoms with Crippen LogP contribution in [0.5, 0.6) is 0 Å². The Morgan fingerprint density at radius 1 is 1.30 bits per heavy atom. The van der Waals surface area contributed by atoms with Crippen LogP contribution < -0.4 is 5.32 Å². The highest BCUT2D eigenvalue weighted by Gasteiger charge is 2.29. The Morgan fingerprint density at radius 3 is 2.50 bits per heavy atom. The molecule has 0 bridgehead atoms. The van der Waals surface area contributed by atoms with Crippen molar-refractivity contribution in [2.45, 2.75) is 13.1 Å². The molecule has 0 saturated carbocycles.